The second kappa shape index (κ2) is 7.98. The van der Waals surface area contributed by atoms with Crippen LogP contribution in [0.3, 0.4) is 0 Å². The van der Waals surface area contributed by atoms with Gasteiger partial charge < -0.3 is 0 Å². The third-order valence-electron chi connectivity index (χ3n) is 3.56. The van der Waals surface area contributed by atoms with Gasteiger partial charge in [-0.3, -0.25) is 4.68 Å². The van der Waals surface area contributed by atoms with Crippen molar-refractivity contribution in [2.45, 2.75) is 11.3 Å². The maximum absolute atomic E-state index is 6.43. The van der Waals surface area contributed by atoms with Crippen molar-refractivity contribution in [1.82, 2.24) is 14.8 Å². The fourth-order valence-electron chi connectivity index (χ4n) is 2.43. The average molecular weight is 421 g/mol. The first-order valence-corrected chi connectivity index (χ1v) is 8.33. The van der Waals surface area contributed by atoms with Crippen molar-refractivity contribution in [3.05, 3.63) is 81.3 Å². The van der Waals surface area contributed by atoms with Crippen molar-refractivity contribution in [2.75, 3.05) is 0 Å². The van der Waals surface area contributed by atoms with Crippen LogP contribution in [0.25, 0.3) is 0 Å². The maximum atomic E-state index is 6.43. The van der Waals surface area contributed by atoms with Crippen LogP contribution in [0.2, 0.25) is 15.1 Å². The van der Waals surface area contributed by atoms with Gasteiger partial charge in [0.2, 0.25) is 0 Å². The van der Waals surface area contributed by atoms with Crippen LogP contribution in [0.5, 0.6) is 0 Å². The van der Waals surface area contributed by atoms with E-state index in [1.807, 2.05) is 30.3 Å². The van der Waals surface area contributed by atoms with E-state index < -0.39 is 4.75 Å². The number of halogens is 4. The highest BCUT2D eigenvalue weighted by atomic mass is 35.5. The molecule has 8 heteroatoms. The molecule has 0 saturated carbocycles. The molecule has 126 valence electrons. The van der Waals surface area contributed by atoms with Crippen LogP contribution in [-0.2, 0) is 11.3 Å². The molecular formula is C16H13Cl4N3S. The molecule has 1 unspecified atom stereocenters. The molecule has 0 spiro atoms. The van der Waals surface area contributed by atoms with Gasteiger partial charge in [0, 0.05) is 15.1 Å². The zero-order chi connectivity index (χ0) is 16.4. The van der Waals surface area contributed by atoms with Gasteiger partial charge in [0.15, 0.2) is 0 Å². The van der Waals surface area contributed by atoms with E-state index in [9.17, 15) is 0 Å². The number of rotatable bonds is 4. The highest BCUT2D eigenvalue weighted by Crippen LogP contribution is 2.42. The summed E-state index contributed by atoms with van der Waals surface area (Å²) in [5.41, 5.74) is 1.79. The second-order valence-corrected chi connectivity index (χ2v) is 7.13. The van der Waals surface area contributed by atoms with Crippen molar-refractivity contribution >= 4 is 59.8 Å². The minimum atomic E-state index is -0.708. The van der Waals surface area contributed by atoms with E-state index in [4.69, 9.17) is 47.4 Å². The molecule has 0 saturated heterocycles. The average Bonchev–Trinajstić information content (AvgIpc) is 3.00. The zero-order valence-corrected chi connectivity index (χ0v) is 16.2. The molecule has 0 aliphatic rings. The van der Waals surface area contributed by atoms with E-state index in [1.165, 1.54) is 6.33 Å². The van der Waals surface area contributed by atoms with E-state index in [0.29, 0.717) is 21.6 Å². The molecule has 0 fully saturated rings. The summed E-state index contributed by atoms with van der Waals surface area (Å²) in [6, 6.07) is 12.9. The van der Waals surface area contributed by atoms with E-state index in [1.54, 1.807) is 23.1 Å². The van der Waals surface area contributed by atoms with Gasteiger partial charge in [0.05, 0.1) is 11.3 Å². The van der Waals surface area contributed by atoms with Gasteiger partial charge >= 0.3 is 0 Å². The number of hydrogen-bond donors (Lipinski definition) is 1. The predicted molar refractivity (Wildman–Crippen MR) is 105 cm³/mol. The van der Waals surface area contributed by atoms with Crippen molar-refractivity contribution in [1.29, 1.82) is 0 Å². The molecule has 0 bridgehead atoms. The number of nitrogens with zero attached hydrogens (tertiary/aromatic N) is 3. The first kappa shape index (κ1) is 19.4. The van der Waals surface area contributed by atoms with Crippen LogP contribution in [0, 0.1) is 0 Å². The quantitative estimate of drug-likeness (QED) is 0.562. The van der Waals surface area contributed by atoms with Gasteiger partial charge in [-0.1, -0.05) is 53.0 Å². The molecule has 3 rings (SSSR count). The Hall–Kier alpha value is -0.910. The standard InChI is InChI=1S/C16H12Cl3N3S.ClH/c17-12-3-1-11(2-4-12)16(23,8-22-10-20-9-21-22)14-6-5-13(18)7-15(14)19;/h1-7,9-10,23H,8H2;1H. The molecular weight excluding hydrogens is 408 g/mol. The Kier molecular flexibility index (Phi) is 6.46. The lowest BCUT2D eigenvalue weighted by molar-refractivity contribution is 0.531. The summed E-state index contributed by atoms with van der Waals surface area (Å²) in [5.74, 6) is 0. The fourth-order valence-corrected chi connectivity index (χ4v) is 3.68. The smallest absolute Gasteiger partial charge is 0.137 e. The Morgan fingerprint density at radius 1 is 1.00 bits per heavy atom. The summed E-state index contributed by atoms with van der Waals surface area (Å²) in [7, 11) is 0. The van der Waals surface area contributed by atoms with Gasteiger partial charge in [-0.05, 0) is 35.4 Å². The van der Waals surface area contributed by atoms with Gasteiger partial charge in [-0.15, -0.1) is 12.4 Å². The summed E-state index contributed by atoms with van der Waals surface area (Å²) in [6.45, 7) is 0.457. The third-order valence-corrected chi connectivity index (χ3v) is 5.00. The molecule has 1 heterocycles. The Labute approximate surface area is 166 Å². The highest BCUT2D eigenvalue weighted by Gasteiger charge is 2.33. The van der Waals surface area contributed by atoms with E-state index in [0.717, 1.165) is 11.1 Å². The predicted octanol–water partition coefficient (Wildman–Crippen LogP) is 5.53. The Morgan fingerprint density at radius 3 is 2.25 bits per heavy atom. The third kappa shape index (κ3) is 4.01. The number of aromatic nitrogens is 3. The number of thiol groups is 1. The molecule has 0 radical (unpaired) electrons. The van der Waals surface area contributed by atoms with Gasteiger partial charge in [0.1, 0.15) is 12.7 Å². The summed E-state index contributed by atoms with van der Waals surface area (Å²) in [4.78, 5) is 3.99. The molecule has 24 heavy (non-hydrogen) atoms. The number of benzene rings is 2. The SMILES string of the molecule is Cl.SC(Cn1cncn1)(c1ccc(Cl)cc1)c1ccc(Cl)cc1Cl. The lowest BCUT2D eigenvalue weighted by Crippen LogP contribution is -2.28. The van der Waals surface area contributed by atoms with E-state index in [2.05, 4.69) is 10.1 Å². The van der Waals surface area contributed by atoms with Crippen LogP contribution >= 0.6 is 59.8 Å². The van der Waals surface area contributed by atoms with Crippen LogP contribution in [0.1, 0.15) is 11.1 Å². The van der Waals surface area contributed by atoms with Crippen molar-refractivity contribution < 1.29 is 0 Å². The van der Waals surface area contributed by atoms with Crippen molar-refractivity contribution in [2.24, 2.45) is 0 Å². The molecule has 3 nitrogen and oxygen atoms in total. The van der Waals surface area contributed by atoms with E-state index in [-0.39, 0.29) is 12.4 Å². The molecule has 1 atom stereocenters. The van der Waals surface area contributed by atoms with Gasteiger partial charge in [-0.2, -0.15) is 17.7 Å². The topological polar surface area (TPSA) is 30.7 Å². The Bertz CT molecular complexity index is 809. The lowest BCUT2D eigenvalue weighted by atomic mass is 9.90. The van der Waals surface area contributed by atoms with Crippen LogP contribution in [-0.4, -0.2) is 14.8 Å². The first-order chi connectivity index (χ1) is 11.0. The van der Waals surface area contributed by atoms with Crippen LogP contribution < -0.4 is 0 Å². The zero-order valence-electron chi connectivity index (χ0n) is 12.2. The monoisotopic (exact) mass is 419 g/mol. The van der Waals surface area contributed by atoms with Crippen molar-refractivity contribution in [3.8, 4) is 0 Å². The maximum Gasteiger partial charge on any atom is 0.137 e. The summed E-state index contributed by atoms with van der Waals surface area (Å²) >= 11 is 23.4. The van der Waals surface area contributed by atoms with Crippen LogP contribution in [0.15, 0.2) is 55.1 Å². The lowest BCUT2D eigenvalue weighted by Gasteiger charge is -2.30. The largest absolute Gasteiger partial charge is 0.251 e. The second-order valence-electron chi connectivity index (χ2n) is 5.08. The first-order valence-electron chi connectivity index (χ1n) is 6.75. The molecule has 0 aliphatic carbocycles. The molecule has 0 amide bonds. The fraction of sp³-hybridized carbons (Fsp3) is 0.125. The Morgan fingerprint density at radius 2 is 1.67 bits per heavy atom. The highest BCUT2D eigenvalue weighted by molar-refractivity contribution is 7.81. The van der Waals surface area contributed by atoms with Gasteiger partial charge in [0.25, 0.3) is 0 Å². The van der Waals surface area contributed by atoms with Crippen molar-refractivity contribution in [3.63, 3.8) is 0 Å². The molecule has 3 aromatic rings. The summed E-state index contributed by atoms with van der Waals surface area (Å²) in [5, 5.41) is 5.96. The minimum Gasteiger partial charge on any atom is -0.251 e. The van der Waals surface area contributed by atoms with Crippen LogP contribution in [0.4, 0.5) is 0 Å². The molecule has 0 N–H and O–H groups in total. The summed E-state index contributed by atoms with van der Waals surface area (Å²) < 4.78 is 1.01. The van der Waals surface area contributed by atoms with Gasteiger partial charge in [-0.25, -0.2) is 4.98 Å². The Balaban J connectivity index is 0.00000208. The molecule has 1 aromatic heterocycles. The van der Waals surface area contributed by atoms with E-state index >= 15 is 0 Å². The number of hydrogen-bond acceptors (Lipinski definition) is 3. The normalized spacial score (nSPS) is 13.2. The minimum absolute atomic E-state index is 0. The summed E-state index contributed by atoms with van der Waals surface area (Å²) in [6.07, 6.45) is 3.13. The molecule has 2 aromatic carbocycles. The molecule has 0 aliphatic heterocycles.